The van der Waals surface area contributed by atoms with Crippen molar-refractivity contribution in [2.24, 2.45) is 5.73 Å². The van der Waals surface area contributed by atoms with Crippen molar-refractivity contribution < 1.29 is 9.90 Å². The fraction of sp³-hybridized carbons (Fsp3) is 0.417. The summed E-state index contributed by atoms with van der Waals surface area (Å²) in [4.78, 5) is 11.3. The lowest BCUT2D eigenvalue weighted by Crippen LogP contribution is -2.44. The Morgan fingerprint density at radius 1 is 1.31 bits per heavy atom. The molecule has 0 saturated carbocycles. The van der Waals surface area contributed by atoms with Crippen molar-refractivity contribution in [3.63, 3.8) is 0 Å². The van der Waals surface area contributed by atoms with Crippen LogP contribution in [0, 0.1) is 0 Å². The van der Waals surface area contributed by atoms with Crippen LogP contribution >= 0.6 is 12.4 Å². The first-order valence-corrected chi connectivity index (χ1v) is 5.25. The Bertz CT molecular complexity index is 394. The minimum atomic E-state index is -1.19. The molecule has 0 heterocycles. The minimum Gasteiger partial charge on any atom is -0.480 e. The average Bonchev–Trinajstić information content (AvgIpc) is 2.40. The number of halogens is 1. The van der Waals surface area contributed by atoms with Crippen molar-refractivity contribution in [1.82, 2.24) is 0 Å². The molecule has 0 amide bonds. The van der Waals surface area contributed by atoms with Crippen molar-refractivity contribution in [3.8, 4) is 0 Å². The fourth-order valence-electron chi connectivity index (χ4n) is 2.25. The third kappa shape index (κ3) is 2.06. The molecule has 3 nitrogen and oxygen atoms in total. The largest absolute Gasteiger partial charge is 0.480 e. The Balaban J connectivity index is 0.00000128. The summed E-state index contributed by atoms with van der Waals surface area (Å²) >= 11 is 0. The zero-order valence-electron chi connectivity index (χ0n) is 8.98. The highest BCUT2D eigenvalue weighted by molar-refractivity contribution is 5.85. The van der Waals surface area contributed by atoms with Crippen molar-refractivity contribution in [2.45, 2.75) is 31.2 Å². The molecule has 0 spiro atoms. The quantitative estimate of drug-likeness (QED) is 0.740. The van der Waals surface area contributed by atoms with Crippen LogP contribution in [-0.2, 0) is 16.8 Å². The topological polar surface area (TPSA) is 63.3 Å². The van der Waals surface area contributed by atoms with Gasteiger partial charge in [0.2, 0.25) is 0 Å². The second-order valence-electron chi connectivity index (χ2n) is 4.14. The molecule has 0 radical (unpaired) electrons. The fourth-order valence-corrected chi connectivity index (χ4v) is 2.25. The summed E-state index contributed by atoms with van der Waals surface area (Å²) in [6, 6.07) is 7.61. The molecule has 88 valence electrons. The molecule has 1 aliphatic rings. The van der Waals surface area contributed by atoms with Crippen LogP contribution in [0.1, 0.15) is 30.4 Å². The Hall–Kier alpha value is -1.06. The maximum atomic E-state index is 11.3. The van der Waals surface area contributed by atoms with E-state index in [1.54, 1.807) is 0 Å². The number of nitrogens with two attached hydrogens (primary N) is 1. The zero-order valence-corrected chi connectivity index (χ0v) is 9.80. The van der Waals surface area contributed by atoms with Gasteiger partial charge in [-0.15, -0.1) is 12.4 Å². The summed E-state index contributed by atoms with van der Waals surface area (Å²) in [5.74, 6) is -0.920. The van der Waals surface area contributed by atoms with Crippen molar-refractivity contribution >= 4 is 18.4 Å². The third-order valence-electron chi connectivity index (χ3n) is 3.15. The maximum absolute atomic E-state index is 11.3. The van der Waals surface area contributed by atoms with Gasteiger partial charge in [0.25, 0.3) is 0 Å². The summed E-state index contributed by atoms with van der Waals surface area (Å²) in [6.07, 6.45) is 3.35. The summed E-state index contributed by atoms with van der Waals surface area (Å²) in [5.41, 5.74) is 6.70. The predicted octanol–water partition coefficient (Wildman–Crippen LogP) is 2.07. The normalized spacial score (nSPS) is 23.8. The van der Waals surface area contributed by atoms with E-state index in [2.05, 4.69) is 0 Å². The van der Waals surface area contributed by atoms with Crippen molar-refractivity contribution in [2.75, 3.05) is 0 Å². The lowest BCUT2D eigenvalue weighted by molar-refractivity contribution is -0.144. The summed E-state index contributed by atoms with van der Waals surface area (Å²) < 4.78 is 0. The van der Waals surface area contributed by atoms with E-state index < -0.39 is 11.5 Å². The van der Waals surface area contributed by atoms with Crippen LogP contribution in [0.5, 0.6) is 0 Å². The number of aryl methyl sites for hydroxylation is 1. The Kier molecular flexibility index (Phi) is 3.94. The molecule has 0 fully saturated rings. The number of aliphatic carboxylic acids is 1. The predicted molar refractivity (Wildman–Crippen MR) is 64.7 cm³/mol. The van der Waals surface area contributed by atoms with E-state index in [0.29, 0.717) is 6.42 Å². The summed E-state index contributed by atoms with van der Waals surface area (Å²) in [7, 11) is 0. The Morgan fingerprint density at radius 2 is 2.00 bits per heavy atom. The van der Waals surface area contributed by atoms with Gasteiger partial charge in [0.15, 0.2) is 0 Å². The standard InChI is InChI=1S/C12H15NO2.ClH/c13-12(11(14)15)8-4-3-6-9-5-1-2-7-10(9)12;/h1-2,5,7H,3-4,6,8,13H2,(H,14,15);1H. The van der Waals surface area contributed by atoms with E-state index in [-0.39, 0.29) is 12.4 Å². The van der Waals surface area contributed by atoms with Gasteiger partial charge < -0.3 is 10.8 Å². The molecule has 0 aromatic heterocycles. The van der Waals surface area contributed by atoms with Gasteiger partial charge in [-0.3, -0.25) is 0 Å². The van der Waals surface area contributed by atoms with Crippen LogP contribution < -0.4 is 5.73 Å². The molecule has 4 heteroatoms. The first-order chi connectivity index (χ1) is 7.14. The van der Waals surface area contributed by atoms with Gasteiger partial charge in [0, 0.05) is 0 Å². The van der Waals surface area contributed by atoms with E-state index in [1.165, 1.54) is 0 Å². The Morgan fingerprint density at radius 3 is 2.69 bits per heavy atom. The number of hydrogen-bond donors (Lipinski definition) is 2. The monoisotopic (exact) mass is 241 g/mol. The van der Waals surface area contributed by atoms with Crippen LogP contribution in [0.25, 0.3) is 0 Å². The second-order valence-corrected chi connectivity index (χ2v) is 4.14. The molecule has 1 aromatic rings. The molecule has 0 saturated heterocycles. The van der Waals surface area contributed by atoms with E-state index in [0.717, 1.165) is 30.4 Å². The smallest absolute Gasteiger partial charge is 0.328 e. The van der Waals surface area contributed by atoms with Gasteiger partial charge in [0.05, 0.1) is 0 Å². The molecule has 2 rings (SSSR count). The molecule has 1 atom stereocenters. The highest BCUT2D eigenvalue weighted by Crippen LogP contribution is 2.32. The van der Waals surface area contributed by atoms with Gasteiger partial charge >= 0.3 is 5.97 Å². The first-order valence-electron chi connectivity index (χ1n) is 5.25. The van der Waals surface area contributed by atoms with Gasteiger partial charge in [0.1, 0.15) is 5.54 Å². The second kappa shape index (κ2) is 4.85. The van der Waals surface area contributed by atoms with E-state index in [1.807, 2.05) is 24.3 Å². The van der Waals surface area contributed by atoms with Crippen LogP contribution in [0.4, 0.5) is 0 Å². The molecular formula is C12H16ClNO2. The number of carboxylic acids is 1. The van der Waals surface area contributed by atoms with Crippen molar-refractivity contribution in [3.05, 3.63) is 35.4 Å². The van der Waals surface area contributed by atoms with Gasteiger partial charge in [-0.25, -0.2) is 4.79 Å². The average molecular weight is 242 g/mol. The highest BCUT2D eigenvalue weighted by Gasteiger charge is 2.38. The van der Waals surface area contributed by atoms with Crippen molar-refractivity contribution in [1.29, 1.82) is 0 Å². The number of rotatable bonds is 1. The van der Waals surface area contributed by atoms with Crippen LogP contribution in [0.15, 0.2) is 24.3 Å². The van der Waals surface area contributed by atoms with E-state index in [9.17, 15) is 9.90 Å². The lowest BCUT2D eigenvalue weighted by atomic mass is 9.85. The maximum Gasteiger partial charge on any atom is 0.328 e. The molecule has 1 unspecified atom stereocenters. The van der Waals surface area contributed by atoms with E-state index in [4.69, 9.17) is 5.73 Å². The number of hydrogen-bond acceptors (Lipinski definition) is 2. The third-order valence-corrected chi connectivity index (χ3v) is 3.15. The van der Waals surface area contributed by atoms with Gasteiger partial charge in [-0.2, -0.15) is 0 Å². The molecule has 3 N–H and O–H groups in total. The Labute approximate surface area is 101 Å². The number of fused-ring (bicyclic) bond motifs is 1. The summed E-state index contributed by atoms with van der Waals surface area (Å²) in [5, 5.41) is 9.24. The molecule has 0 bridgehead atoms. The van der Waals surface area contributed by atoms with Crippen LogP contribution in [-0.4, -0.2) is 11.1 Å². The van der Waals surface area contributed by atoms with Gasteiger partial charge in [-0.1, -0.05) is 30.7 Å². The molecule has 0 aliphatic heterocycles. The van der Waals surface area contributed by atoms with Crippen LogP contribution in [0.2, 0.25) is 0 Å². The molecule has 1 aliphatic carbocycles. The molecular weight excluding hydrogens is 226 g/mol. The lowest BCUT2D eigenvalue weighted by Gasteiger charge is -2.25. The first kappa shape index (κ1) is 13.0. The summed E-state index contributed by atoms with van der Waals surface area (Å²) in [6.45, 7) is 0. The molecule has 16 heavy (non-hydrogen) atoms. The highest BCUT2D eigenvalue weighted by atomic mass is 35.5. The number of carboxylic acid groups (broad SMARTS) is 1. The minimum absolute atomic E-state index is 0. The SMILES string of the molecule is Cl.NC1(C(=O)O)CCCCc2ccccc21. The zero-order chi connectivity index (χ0) is 10.9. The van der Waals surface area contributed by atoms with Crippen LogP contribution in [0.3, 0.4) is 0 Å². The number of carbonyl (C=O) groups is 1. The van der Waals surface area contributed by atoms with E-state index >= 15 is 0 Å². The number of benzene rings is 1. The van der Waals surface area contributed by atoms with Gasteiger partial charge in [-0.05, 0) is 30.4 Å². The molecule has 1 aromatic carbocycles.